The molecular weight excluding hydrogens is 387 g/mol. The van der Waals surface area contributed by atoms with Gasteiger partial charge in [-0.3, -0.25) is 4.79 Å². The first-order valence-electron chi connectivity index (χ1n) is 9.67. The van der Waals surface area contributed by atoms with Gasteiger partial charge in [0.25, 0.3) is 0 Å². The molecule has 0 bridgehead atoms. The van der Waals surface area contributed by atoms with Crippen LogP contribution in [-0.2, 0) is 11.2 Å². The van der Waals surface area contributed by atoms with Gasteiger partial charge in [0.05, 0.1) is 5.69 Å². The van der Waals surface area contributed by atoms with Crippen molar-refractivity contribution in [2.75, 3.05) is 23.3 Å². The lowest BCUT2D eigenvalue weighted by Crippen LogP contribution is -2.31. The highest BCUT2D eigenvalue weighted by molar-refractivity contribution is 7.09. The van der Waals surface area contributed by atoms with Crippen LogP contribution in [0.1, 0.15) is 31.7 Å². The maximum atomic E-state index is 13.7. The zero-order valence-corrected chi connectivity index (χ0v) is 17.5. The topological polar surface area (TPSA) is 58.1 Å². The van der Waals surface area contributed by atoms with Crippen LogP contribution in [0.5, 0.6) is 0 Å². The van der Waals surface area contributed by atoms with E-state index < -0.39 is 5.82 Å². The molecule has 0 unspecified atom stereocenters. The molecule has 0 aliphatic heterocycles. The highest BCUT2D eigenvalue weighted by atomic mass is 32.1. The summed E-state index contributed by atoms with van der Waals surface area (Å²) < 4.78 is 18.2. The molecule has 0 spiro atoms. The van der Waals surface area contributed by atoms with E-state index in [2.05, 4.69) is 45.6 Å². The number of hydrogen-bond donors (Lipinski definition) is 1. The minimum atomic E-state index is -0.436. The molecule has 1 amide bonds. The molecule has 1 N–H and O–H groups in total. The van der Waals surface area contributed by atoms with E-state index in [-0.39, 0.29) is 18.0 Å². The van der Waals surface area contributed by atoms with E-state index in [0.29, 0.717) is 18.9 Å². The molecule has 0 saturated carbocycles. The minimum absolute atomic E-state index is 0.203. The lowest BCUT2D eigenvalue weighted by Gasteiger charge is -2.23. The van der Waals surface area contributed by atoms with E-state index in [1.165, 1.54) is 17.6 Å². The predicted molar refractivity (Wildman–Crippen MR) is 116 cm³/mol. The maximum absolute atomic E-state index is 13.7. The molecule has 152 valence electrons. The Bertz CT molecular complexity index is 929. The lowest BCUT2D eigenvalue weighted by molar-refractivity contribution is -0.116. The molecule has 0 fully saturated rings. The van der Waals surface area contributed by atoms with Gasteiger partial charge in [-0.25, -0.2) is 9.37 Å². The highest BCUT2D eigenvalue weighted by Crippen LogP contribution is 2.21. The van der Waals surface area contributed by atoms with Gasteiger partial charge in [0.1, 0.15) is 11.6 Å². The zero-order valence-electron chi connectivity index (χ0n) is 16.6. The van der Waals surface area contributed by atoms with Crippen LogP contribution in [0.15, 0.2) is 54.6 Å². The number of anilines is 2. The van der Waals surface area contributed by atoms with Gasteiger partial charge < -0.3 is 10.2 Å². The van der Waals surface area contributed by atoms with Gasteiger partial charge >= 0.3 is 0 Å². The van der Waals surface area contributed by atoms with Gasteiger partial charge in [-0.05, 0) is 23.6 Å². The van der Waals surface area contributed by atoms with Crippen molar-refractivity contribution in [2.24, 2.45) is 5.92 Å². The van der Waals surface area contributed by atoms with Crippen LogP contribution in [0, 0.1) is 11.7 Å². The molecule has 2 aromatic carbocycles. The molecule has 3 rings (SSSR count). The largest absolute Gasteiger partial charge is 0.346 e. The Morgan fingerprint density at radius 3 is 2.59 bits per heavy atom. The first kappa shape index (κ1) is 20.9. The zero-order chi connectivity index (χ0) is 20.6. The number of amides is 1. The number of carbonyl (C=O) groups is 1. The molecule has 0 aliphatic carbocycles. The van der Waals surface area contributed by atoms with Crippen molar-refractivity contribution >= 4 is 28.3 Å². The second-order valence-corrected chi connectivity index (χ2v) is 8.00. The smallest absolute Gasteiger partial charge is 0.226 e. The number of nitrogens with zero attached hydrogens (tertiary/aromatic N) is 3. The Labute approximate surface area is 174 Å². The Morgan fingerprint density at radius 2 is 1.86 bits per heavy atom. The van der Waals surface area contributed by atoms with Gasteiger partial charge in [0.2, 0.25) is 11.0 Å². The van der Waals surface area contributed by atoms with E-state index >= 15 is 0 Å². The Hall–Kier alpha value is -2.80. The third-order valence-electron chi connectivity index (χ3n) is 4.28. The third kappa shape index (κ3) is 6.35. The van der Waals surface area contributed by atoms with Crippen LogP contribution in [0.2, 0.25) is 0 Å². The molecule has 5 nitrogen and oxygen atoms in total. The molecule has 0 radical (unpaired) electrons. The normalized spacial score (nSPS) is 10.9. The molecule has 0 saturated heterocycles. The second kappa shape index (κ2) is 10.1. The van der Waals surface area contributed by atoms with Crippen molar-refractivity contribution in [3.05, 3.63) is 71.8 Å². The van der Waals surface area contributed by atoms with Crippen molar-refractivity contribution in [3.63, 3.8) is 0 Å². The van der Waals surface area contributed by atoms with Gasteiger partial charge in [0.15, 0.2) is 0 Å². The van der Waals surface area contributed by atoms with Crippen LogP contribution < -0.4 is 10.2 Å². The number of carbonyl (C=O) groups excluding carboxylic acids is 1. The monoisotopic (exact) mass is 412 g/mol. The van der Waals surface area contributed by atoms with Gasteiger partial charge in [0, 0.05) is 37.5 Å². The quantitative estimate of drug-likeness (QED) is 0.551. The maximum Gasteiger partial charge on any atom is 0.226 e. The summed E-state index contributed by atoms with van der Waals surface area (Å²) in [6.07, 6.45) is 0.926. The van der Waals surface area contributed by atoms with Crippen LogP contribution in [0.4, 0.5) is 15.2 Å². The van der Waals surface area contributed by atoms with Crippen molar-refractivity contribution in [1.82, 2.24) is 9.36 Å². The van der Waals surface area contributed by atoms with Crippen molar-refractivity contribution in [3.8, 4) is 0 Å². The summed E-state index contributed by atoms with van der Waals surface area (Å²) in [5.41, 5.74) is 1.37. The van der Waals surface area contributed by atoms with E-state index in [9.17, 15) is 9.18 Å². The second-order valence-electron chi connectivity index (χ2n) is 7.27. The number of benzene rings is 2. The number of aromatic nitrogens is 2. The first-order valence-corrected chi connectivity index (χ1v) is 10.4. The molecule has 0 atom stereocenters. The summed E-state index contributed by atoms with van der Waals surface area (Å²) in [4.78, 5) is 19.1. The van der Waals surface area contributed by atoms with E-state index in [1.807, 2.05) is 18.2 Å². The fourth-order valence-corrected chi connectivity index (χ4v) is 3.66. The number of rotatable bonds is 9. The SMILES string of the molecule is CC(C)CN(CCC(=O)Nc1ccccc1F)c1nc(Cc2ccccc2)ns1. The summed E-state index contributed by atoms with van der Waals surface area (Å²) in [5.74, 6) is 0.527. The summed E-state index contributed by atoms with van der Waals surface area (Å²) in [6, 6.07) is 16.3. The summed E-state index contributed by atoms with van der Waals surface area (Å²) in [5, 5.41) is 3.44. The van der Waals surface area contributed by atoms with Gasteiger partial charge in [-0.2, -0.15) is 4.37 Å². The van der Waals surface area contributed by atoms with Crippen molar-refractivity contribution < 1.29 is 9.18 Å². The van der Waals surface area contributed by atoms with E-state index in [1.54, 1.807) is 18.2 Å². The molecular formula is C22H25FN4OS. The van der Waals surface area contributed by atoms with Crippen LogP contribution in [0.25, 0.3) is 0 Å². The van der Waals surface area contributed by atoms with Crippen molar-refractivity contribution in [1.29, 1.82) is 0 Å². The fraction of sp³-hybridized carbons (Fsp3) is 0.318. The Balaban J connectivity index is 1.62. The number of nitrogens with one attached hydrogen (secondary N) is 1. The third-order valence-corrected chi connectivity index (χ3v) is 5.09. The summed E-state index contributed by atoms with van der Waals surface area (Å²) in [7, 11) is 0. The molecule has 7 heteroatoms. The standard InChI is InChI=1S/C22H25FN4OS/c1-16(2)15-27(13-12-21(28)24-19-11-7-6-10-18(19)23)22-25-20(26-29-22)14-17-8-4-3-5-9-17/h3-11,16H,12-15H2,1-2H3,(H,24,28). The minimum Gasteiger partial charge on any atom is -0.346 e. The number of halogens is 1. The fourth-order valence-electron chi connectivity index (χ4n) is 2.94. The average Bonchev–Trinajstić information content (AvgIpc) is 3.16. The van der Waals surface area contributed by atoms with Crippen LogP contribution in [-0.4, -0.2) is 28.4 Å². The van der Waals surface area contributed by atoms with E-state index in [0.717, 1.165) is 23.1 Å². The number of hydrogen-bond acceptors (Lipinski definition) is 5. The summed E-state index contributed by atoms with van der Waals surface area (Å²) >= 11 is 1.35. The Morgan fingerprint density at radius 1 is 1.14 bits per heavy atom. The van der Waals surface area contributed by atoms with Crippen LogP contribution in [0.3, 0.4) is 0 Å². The van der Waals surface area contributed by atoms with E-state index in [4.69, 9.17) is 0 Å². The average molecular weight is 413 g/mol. The molecule has 0 aliphatic rings. The predicted octanol–water partition coefficient (Wildman–Crippen LogP) is 4.76. The number of para-hydroxylation sites is 1. The highest BCUT2D eigenvalue weighted by Gasteiger charge is 2.16. The van der Waals surface area contributed by atoms with Crippen molar-refractivity contribution in [2.45, 2.75) is 26.7 Å². The molecule has 1 heterocycles. The molecule has 29 heavy (non-hydrogen) atoms. The van der Waals surface area contributed by atoms with Crippen LogP contribution >= 0.6 is 11.5 Å². The summed E-state index contributed by atoms with van der Waals surface area (Å²) in [6.45, 7) is 5.52. The van der Waals surface area contributed by atoms with Gasteiger partial charge in [-0.15, -0.1) is 0 Å². The first-order chi connectivity index (χ1) is 14.0. The molecule has 3 aromatic rings. The van der Waals surface area contributed by atoms with Gasteiger partial charge in [-0.1, -0.05) is 56.3 Å². The lowest BCUT2D eigenvalue weighted by atomic mass is 10.1. The Kier molecular flexibility index (Phi) is 7.30. The molecule has 1 aromatic heterocycles.